The van der Waals surface area contributed by atoms with E-state index in [4.69, 9.17) is 9.47 Å². The molecule has 2 aromatic rings. The second-order valence-electron chi connectivity index (χ2n) is 5.75. The van der Waals surface area contributed by atoms with Gasteiger partial charge in [0.15, 0.2) is 11.5 Å². The van der Waals surface area contributed by atoms with Crippen LogP contribution in [-0.2, 0) is 0 Å². The zero-order valence-corrected chi connectivity index (χ0v) is 14.7. The summed E-state index contributed by atoms with van der Waals surface area (Å²) >= 11 is 0. The summed E-state index contributed by atoms with van der Waals surface area (Å²) in [5.74, 6) is 0.545. The number of amides is 1. The van der Waals surface area contributed by atoms with E-state index in [9.17, 15) is 9.90 Å². The van der Waals surface area contributed by atoms with E-state index in [-0.39, 0.29) is 23.2 Å². The third-order valence-corrected chi connectivity index (χ3v) is 3.72. The number of carbonyl (C=O) groups excluding carboxylic acids is 1. The highest BCUT2D eigenvalue weighted by Gasteiger charge is 2.10. The normalized spacial score (nSPS) is 10.9. The molecule has 6 heteroatoms. The van der Waals surface area contributed by atoms with Gasteiger partial charge in [-0.25, -0.2) is 5.43 Å². The Balaban J connectivity index is 2.08. The van der Waals surface area contributed by atoms with Gasteiger partial charge >= 0.3 is 0 Å². The molecule has 0 aliphatic carbocycles. The molecule has 0 heterocycles. The van der Waals surface area contributed by atoms with Crippen LogP contribution in [0.5, 0.6) is 17.2 Å². The number of nitrogens with zero attached hydrogens (tertiary/aromatic N) is 1. The first-order valence-electron chi connectivity index (χ1n) is 7.84. The third-order valence-electron chi connectivity index (χ3n) is 3.72. The number of carbonyl (C=O) groups is 1. The number of hydrogen-bond acceptors (Lipinski definition) is 5. The van der Waals surface area contributed by atoms with Crippen molar-refractivity contribution in [1.29, 1.82) is 0 Å². The number of benzene rings is 2. The van der Waals surface area contributed by atoms with Crippen molar-refractivity contribution in [2.75, 3.05) is 14.2 Å². The van der Waals surface area contributed by atoms with Crippen molar-refractivity contribution in [3.8, 4) is 17.2 Å². The summed E-state index contributed by atoms with van der Waals surface area (Å²) in [7, 11) is 2.88. The number of nitrogens with one attached hydrogen (secondary N) is 1. The molecule has 0 aliphatic heterocycles. The average molecular weight is 342 g/mol. The summed E-state index contributed by atoms with van der Waals surface area (Å²) in [5.41, 5.74) is 4.78. The van der Waals surface area contributed by atoms with Crippen LogP contribution in [0.15, 0.2) is 41.5 Å². The van der Waals surface area contributed by atoms with Gasteiger partial charge in [0.2, 0.25) is 5.75 Å². The van der Waals surface area contributed by atoms with Crippen molar-refractivity contribution in [2.24, 2.45) is 5.10 Å². The van der Waals surface area contributed by atoms with Crippen LogP contribution in [0.4, 0.5) is 0 Å². The summed E-state index contributed by atoms with van der Waals surface area (Å²) in [5, 5.41) is 13.8. The van der Waals surface area contributed by atoms with Crippen LogP contribution in [-0.4, -0.2) is 31.4 Å². The molecule has 1 amide bonds. The van der Waals surface area contributed by atoms with E-state index in [1.807, 2.05) is 12.1 Å². The Bertz CT molecular complexity index is 742. The first kappa shape index (κ1) is 18.3. The highest BCUT2D eigenvalue weighted by Crippen LogP contribution is 2.36. The number of aromatic hydroxyl groups is 1. The molecule has 132 valence electrons. The van der Waals surface area contributed by atoms with Gasteiger partial charge in [0.1, 0.15) is 0 Å². The summed E-state index contributed by atoms with van der Waals surface area (Å²) in [6.07, 6.45) is 1.45. The maximum absolute atomic E-state index is 12.1. The summed E-state index contributed by atoms with van der Waals surface area (Å²) in [6, 6.07) is 10.6. The molecule has 6 nitrogen and oxygen atoms in total. The standard InChI is InChI=1S/C19H22N2O4/c1-12(2)14-5-7-15(8-6-14)19(23)21-20-11-13-9-16(24-3)18(22)17(10-13)25-4/h5-12,22H,1-4H3,(H,21,23)/b20-11+. The topological polar surface area (TPSA) is 80.2 Å². The predicted molar refractivity (Wildman–Crippen MR) is 96.8 cm³/mol. The Morgan fingerprint density at radius 3 is 2.16 bits per heavy atom. The monoisotopic (exact) mass is 342 g/mol. The van der Waals surface area contributed by atoms with E-state index in [2.05, 4.69) is 24.4 Å². The molecule has 0 aromatic heterocycles. The van der Waals surface area contributed by atoms with E-state index in [1.165, 1.54) is 26.0 Å². The van der Waals surface area contributed by atoms with Crippen molar-refractivity contribution in [3.05, 3.63) is 53.1 Å². The van der Waals surface area contributed by atoms with Gasteiger partial charge in [-0.05, 0) is 35.7 Å². The molecule has 2 rings (SSSR count). The molecule has 0 unspecified atom stereocenters. The number of rotatable bonds is 6. The molecule has 0 saturated heterocycles. The molecule has 0 atom stereocenters. The lowest BCUT2D eigenvalue weighted by molar-refractivity contribution is 0.0955. The van der Waals surface area contributed by atoms with Crippen LogP contribution in [0.2, 0.25) is 0 Å². The summed E-state index contributed by atoms with van der Waals surface area (Å²) in [6.45, 7) is 4.19. The second-order valence-corrected chi connectivity index (χ2v) is 5.75. The molecule has 0 bridgehead atoms. The van der Waals surface area contributed by atoms with Gasteiger partial charge in [-0.2, -0.15) is 5.10 Å². The van der Waals surface area contributed by atoms with Gasteiger partial charge in [0, 0.05) is 11.1 Å². The van der Waals surface area contributed by atoms with E-state index >= 15 is 0 Å². The minimum atomic E-state index is -0.302. The fraction of sp³-hybridized carbons (Fsp3) is 0.263. The first-order valence-corrected chi connectivity index (χ1v) is 7.84. The summed E-state index contributed by atoms with van der Waals surface area (Å²) < 4.78 is 10.2. The predicted octanol–water partition coefficient (Wildman–Crippen LogP) is 3.30. The van der Waals surface area contributed by atoms with Crippen LogP contribution < -0.4 is 14.9 Å². The van der Waals surface area contributed by atoms with Crippen molar-refractivity contribution in [2.45, 2.75) is 19.8 Å². The van der Waals surface area contributed by atoms with Gasteiger partial charge in [-0.1, -0.05) is 26.0 Å². The van der Waals surface area contributed by atoms with E-state index < -0.39 is 0 Å². The van der Waals surface area contributed by atoms with Crippen molar-refractivity contribution < 1.29 is 19.4 Å². The van der Waals surface area contributed by atoms with E-state index in [1.54, 1.807) is 24.3 Å². The SMILES string of the molecule is COc1cc(/C=N/NC(=O)c2ccc(C(C)C)cc2)cc(OC)c1O. The van der Waals surface area contributed by atoms with Crippen LogP contribution in [0.25, 0.3) is 0 Å². The maximum Gasteiger partial charge on any atom is 0.271 e. The Kier molecular flexibility index (Phi) is 6.00. The van der Waals surface area contributed by atoms with E-state index in [0.717, 1.165) is 0 Å². The molecule has 0 spiro atoms. The minimum Gasteiger partial charge on any atom is -0.502 e. The van der Waals surface area contributed by atoms with Gasteiger partial charge in [0.05, 0.1) is 20.4 Å². The molecule has 25 heavy (non-hydrogen) atoms. The number of phenols is 1. The zero-order valence-electron chi connectivity index (χ0n) is 14.7. The van der Waals surface area contributed by atoms with Crippen LogP contribution in [0.1, 0.15) is 41.3 Å². The zero-order chi connectivity index (χ0) is 18.4. The molecule has 0 saturated carbocycles. The van der Waals surface area contributed by atoms with Crippen molar-refractivity contribution >= 4 is 12.1 Å². The number of ether oxygens (including phenoxy) is 2. The molecular weight excluding hydrogens is 320 g/mol. The maximum atomic E-state index is 12.1. The minimum absolute atomic E-state index is 0.0866. The average Bonchev–Trinajstić information content (AvgIpc) is 2.62. The number of hydrogen-bond donors (Lipinski definition) is 2. The molecular formula is C19H22N2O4. The molecule has 0 radical (unpaired) electrons. The third kappa shape index (κ3) is 4.50. The molecule has 0 aliphatic rings. The molecule has 0 fully saturated rings. The molecule has 2 N–H and O–H groups in total. The highest BCUT2D eigenvalue weighted by atomic mass is 16.5. The van der Waals surface area contributed by atoms with Gasteiger partial charge in [-0.15, -0.1) is 0 Å². The van der Waals surface area contributed by atoms with Crippen LogP contribution in [0.3, 0.4) is 0 Å². The largest absolute Gasteiger partial charge is 0.502 e. The lowest BCUT2D eigenvalue weighted by Crippen LogP contribution is -2.17. The van der Waals surface area contributed by atoms with Crippen molar-refractivity contribution in [1.82, 2.24) is 5.43 Å². The fourth-order valence-electron chi connectivity index (χ4n) is 2.24. The highest BCUT2D eigenvalue weighted by molar-refractivity contribution is 5.95. The Labute approximate surface area is 147 Å². The first-order chi connectivity index (χ1) is 12.0. The Morgan fingerprint density at radius 2 is 1.68 bits per heavy atom. The van der Waals surface area contributed by atoms with Crippen molar-refractivity contribution in [3.63, 3.8) is 0 Å². The van der Waals surface area contributed by atoms with Crippen LogP contribution in [0, 0.1) is 0 Å². The number of phenolic OH excluding ortho intramolecular Hbond substituents is 1. The Morgan fingerprint density at radius 1 is 1.12 bits per heavy atom. The van der Waals surface area contributed by atoms with Gasteiger partial charge in [0.25, 0.3) is 5.91 Å². The van der Waals surface area contributed by atoms with E-state index in [0.29, 0.717) is 17.0 Å². The molecule has 2 aromatic carbocycles. The summed E-state index contributed by atoms with van der Waals surface area (Å²) in [4.78, 5) is 12.1. The lowest BCUT2D eigenvalue weighted by Gasteiger charge is -2.09. The number of methoxy groups -OCH3 is 2. The Hall–Kier alpha value is -3.02. The quantitative estimate of drug-likeness (QED) is 0.623. The van der Waals surface area contributed by atoms with Gasteiger partial charge in [-0.3, -0.25) is 4.79 Å². The smallest absolute Gasteiger partial charge is 0.271 e. The lowest BCUT2D eigenvalue weighted by atomic mass is 10.0. The second kappa shape index (κ2) is 8.19. The van der Waals surface area contributed by atoms with Gasteiger partial charge < -0.3 is 14.6 Å². The number of hydrazone groups is 1. The van der Waals surface area contributed by atoms with Crippen LogP contribution >= 0.6 is 0 Å². The fourth-order valence-corrected chi connectivity index (χ4v) is 2.24.